The van der Waals surface area contributed by atoms with E-state index in [0.29, 0.717) is 6.54 Å². The van der Waals surface area contributed by atoms with Crippen LogP contribution in [0.25, 0.3) is 0 Å². The second-order valence-corrected chi connectivity index (χ2v) is 6.49. The molecule has 2 aliphatic rings. The minimum absolute atomic E-state index is 0.158. The zero-order valence-corrected chi connectivity index (χ0v) is 13.4. The highest BCUT2D eigenvalue weighted by Gasteiger charge is 2.43. The highest BCUT2D eigenvalue weighted by molar-refractivity contribution is 5.68. The van der Waals surface area contributed by atoms with Gasteiger partial charge in [-0.25, -0.2) is 4.79 Å². The summed E-state index contributed by atoms with van der Waals surface area (Å²) in [5.41, 5.74) is 3.55. The van der Waals surface area contributed by atoms with Crippen LogP contribution < -0.4 is 0 Å². The number of hydrogen-bond donors (Lipinski definition) is 1. The lowest BCUT2D eigenvalue weighted by Gasteiger charge is -2.24. The van der Waals surface area contributed by atoms with Crippen molar-refractivity contribution in [1.29, 1.82) is 0 Å². The molecule has 24 heavy (non-hydrogen) atoms. The SMILES string of the molecule is O=C(O)N1CC2CN(Cc3ccccc3)C=C2C1c1ccccc1. The molecule has 1 saturated heterocycles. The maximum atomic E-state index is 11.7. The lowest BCUT2D eigenvalue weighted by atomic mass is 9.96. The number of rotatable bonds is 3. The van der Waals surface area contributed by atoms with Crippen molar-refractivity contribution in [2.24, 2.45) is 5.92 Å². The Labute approximate surface area is 141 Å². The third-order valence-electron chi connectivity index (χ3n) is 4.89. The van der Waals surface area contributed by atoms with Gasteiger partial charge in [-0.1, -0.05) is 60.7 Å². The molecule has 1 N–H and O–H groups in total. The van der Waals surface area contributed by atoms with E-state index in [9.17, 15) is 9.90 Å². The van der Waals surface area contributed by atoms with Crippen LogP contribution in [0.4, 0.5) is 4.79 Å². The van der Waals surface area contributed by atoms with Crippen molar-refractivity contribution in [1.82, 2.24) is 9.80 Å². The smallest absolute Gasteiger partial charge is 0.408 e. The Kier molecular flexibility index (Phi) is 3.73. The van der Waals surface area contributed by atoms with Crippen LogP contribution in [0.2, 0.25) is 0 Å². The summed E-state index contributed by atoms with van der Waals surface area (Å²) < 4.78 is 0. The van der Waals surface area contributed by atoms with Gasteiger partial charge in [-0.15, -0.1) is 0 Å². The second kappa shape index (κ2) is 6.04. The van der Waals surface area contributed by atoms with Gasteiger partial charge in [0.25, 0.3) is 0 Å². The molecular weight excluding hydrogens is 300 g/mol. The Hall–Kier alpha value is -2.75. The minimum atomic E-state index is -0.839. The number of nitrogens with zero attached hydrogens (tertiary/aromatic N) is 2. The summed E-state index contributed by atoms with van der Waals surface area (Å²) in [6.07, 6.45) is 1.34. The van der Waals surface area contributed by atoms with E-state index in [2.05, 4.69) is 35.4 Å². The first-order chi connectivity index (χ1) is 11.7. The zero-order valence-electron chi connectivity index (χ0n) is 13.4. The first-order valence-electron chi connectivity index (χ1n) is 8.26. The number of hydrogen-bond acceptors (Lipinski definition) is 2. The Bertz CT molecular complexity index is 758. The van der Waals surface area contributed by atoms with Gasteiger partial charge in [-0.3, -0.25) is 4.90 Å². The molecule has 0 spiro atoms. The van der Waals surface area contributed by atoms with Crippen LogP contribution in [0.3, 0.4) is 0 Å². The predicted molar refractivity (Wildman–Crippen MR) is 92.3 cm³/mol. The van der Waals surface area contributed by atoms with E-state index < -0.39 is 6.09 Å². The van der Waals surface area contributed by atoms with Gasteiger partial charge in [0, 0.05) is 31.8 Å². The molecule has 0 aromatic heterocycles. The van der Waals surface area contributed by atoms with Gasteiger partial charge in [0.1, 0.15) is 0 Å². The van der Waals surface area contributed by atoms with Gasteiger partial charge >= 0.3 is 6.09 Å². The Morgan fingerprint density at radius 2 is 1.67 bits per heavy atom. The van der Waals surface area contributed by atoms with E-state index in [0.717, 1.165) is 18.7 Å². The zero-order chi connectivity index (χ0) is 16.5. The monoisotopic (exact) mass is 320 g/mol. The van der Waals surface area contributed by atoms with Gasteiger partial charge in [0.2, 0.25) is 0 Å². The highest BCUT2D eigenvalue weighted by atomic mass is 16.4. The van der Waals surface area contributed by atoms with Crippen molar-refractivity contribution in [3.05, 3.63) is 83.6 Å². The van der Waals surface area contributed by atoms with Gasteiger partial charge < -0.3 is 10.0 Å². The van der Waals surface area contributed by atoms with Crippen LogP contribution in [-0.4, -0.2) is 34.1 Å². The minimum Gasteiger partial charge on any atom is -0.465 e. The molecule has 2 heterocycles. The number of carboxylic acid groups (broad SMARTS) is 1. The fraction of sp³-hybridized carbons (Fsp3) is 0.250. The first kappa shape index (κ1) is 14.8. The molecule has 4 nitrogen and oxygen atoms in total. The number of carbonyl (C=O) groups is 1. The number of fused-ring (bicyclic) bond motifs is 1. The van der Waals surface area contributed by atoms with Gasteiger partial charge in [-0.05, 0) is 16.7 Å². The van der Waals surface area contributed by atoms with Crippen LogP contribution >= 0.6 is 0 Å². The average Bonchev–Trinajstić information content (AvgIpc) is 3.13. The number of likely N-dealkylation sites (tertiary alicyclic amines) is 1. The van der Waals surface area contributed by atoms with E-state index in [-0.39, 0.29) is 12.0 Å². The second-order valence-electron chi connectivity index (χ2n) is 6.49. The highest BCUT2D eigenvalue weighted by Crippen LogP contribution is 2.44. The summed E-state index contributed by atoms with van der Waals surface area (Å²) in [6, 6.07) is 20.2. The fourth-order valence-corrected chi connectivity index (χ4v) is 3.86. The molecule has 4 rings (SSSR count). The Balaban J connectivity index is 1.62. The maximum absolute atomic E-state index is 11.7. The van der Waals surface area contributed by atoms with E-state index in [4.69, 9.17) is 0 Å². The van der Waals surface area contributed by atoms with E-state index in [1.807, 2.05) is 36.4 Å². The summed E-state index contributed by atoms with van der Waals surface area (Å²) in [7, 11) is 0. The topological polar surface area (TPSA) is 43.8 Å². The lowest BCUT2D eigenvalue weighted by molar-refractivity contribution is 0.139. The molecule has 2 aromatic rings. The van der Waals surface area contributed by atoms with Crippen LogP contribution in [0, 0.1) is 5.92 Å². The third-order valence-corrected chi connectivity index (χ3v) is 4.89. The van der Waals surface area contributed by atoms with Crippen LogP contribution in [0.5, 0.6) is 0 Å². The van der Waals surface area contributed by atoms with Gasteiger partial charge in [0.05, 0.1) is 6.04 Å². The predicted octanol–water partition coefficient (Wildman–Crippen LogP) is 3.74. The van der Waals surface area contributed by atoms with E-state index in [1.54, 1.807) is 4.90 Å². The average molecular weight is 320 g/mol. The van der Waals surface area contributed by atoms with Crippen molar-refractivity contribution in [3.8, 4) is 0 Å². The van der Waals surface area contributed by atoms with E-state index >= 15 is 0 Å². The fourth-order valence-electron chi connectivity index (χ4n) is 3.86. The van der Waals surface area contributed by atoms with Crippen molar-refractivity contribution in [2.45, 2.75) is 12.6 Å². The molecule has 0 radical (unpaired) electrons. The molecule has 122 valence electrons. The van der Waals surface area contributed by atoms with Crippen LogP contribution in [0.1, 0.15) is 17.2 Å². The van der Waals surface area contributed by atoms with Gasteiger partial charge in [-0.2, -0.15) is 0 Å². The van der Waals surface area contributed by atoms with E-state index in [1.165, 1.54) is 11.1 Å². The molecule has 2 aromatic carbocycles. The molecule has 2 aliphatic heterocycles. The largest absolute Gasteiger partial charge is 0.465 e. The molecule has 2 atom stereocenters. The van der Waals surface area contributed by atoms with Crippen molar-refractivity contribution >= 4 is 6.09 Å². The van der Waals surface area contributed by atoms with Gasteiger partial charge in [0.15, 0.2) is 0 Å². The molecular formula is C20H20N2O2. The first-order valence-corrected chi connectivity index (χ1v) is 8.26. The van der Waals surface area contributed by atoms with Crippen molar-refractivity contribution < 1.29 is 9.90 Å². The van der Waals surface area contributed by atoms with Crippen molar-refractivity contribution in [3.63, 3.8) is 0 Å². The standard InChI is InChI=1S/C20H20N2O2/c23-20(24)22-13-17-12-21(11-15-7-3-1-4-8-15)14-18(17)19(22)16-9-5-2-6-10-16/h1-10,14,17,19H,11-13H2,(H,23,24). The van der Waals surface area contributed by atoms with Crippen LogP contribution in [-0.2, 0) is 6.54 Å². The maximum Gasteiger partial charge on any atom is 0.408 e. The molecule has 0 aliphatic carbocycles. The molecule has 4 heteroatoms. The Morgan fingerprint density at radius 3 is 2.33 bits per heavy atom. The molecule has 0 bridgehead atoms. The molecule has 1 fully saturated rings. The quantitative estimate of drug-likeness (QED) is 0.937. The third kappa shape index (κ3) is 2.64. The molecule has 1 amide bonds. The van der Waals surface area contributed by atoms with Crippen LogP contribution in [0.15, 0.2) is 72.4 Å². The number of amides is 1. The normalized spacial score (nSPS) is 22.4. The summed E-state index contributed by atoms with van der Waals surface area (Å²) in [6.45, 7) is 2.33. The summed E-state index contributed by atoms with van der Waals surface area (Å²) in [5, 5.41) is 9.59. The van der Waals surface area contributed by atoms with Crippen molar-refractivity contribution in [2.75, 3.05) is 13.1 Å². The lowest BCUT2D eigenvalue weighted by Crippen LogP contribution is -2.31. The molecule has 2 unspecified atom stereocenters. The summed E-state index contributed by atoms with van der Waals surface area (Å²) in [4.78, 5) is 15.6. The summed E-state index contributed by atoms with van der Waals surface area (Å²) >= 11 is 0. The number of benzene rings is 2. The molecule has 0 saturated carbocycles. The Morgan fingerprint density at radius 1 is 1.00 bits per heavy atom. The summed E-state index contributed by atoms with van der Waals surface area (Å²) in [5.74, 6) is 0.287.